The Morgan fingerprint density at radius 2 is 2.00 bits per heavy atom. The molecule has 0 saturated heterocycles. The number of para-hydroxylation sites is 1. The van der Waals surface area contributed by atoms with Crippen LogP contribution >= 0.6 is 0 Å². The Morgan fingerprint density at radius 3 is 2.75 bits per heavy atom. The van der Waals surface area contributed by atoms with Gasteiger partial charge in [0.2, 0.25) is 0 Å². The number of fused-ring (bicyclic) bond motifs is 1. The first-order valence-electron chi connectivity index (χ1n) is 7.76. The van der Waals surface area contributed by atoms with Crippen molar-refractivity contribution in [2.24, 2.45) is 7.05 Å². The third-order valence-electron chi connectivity index (χ3n) is 4.14. The van der Waals surface area contributed by atoms with Crippen molar-refractivity contribution in [1.82, 2.24) is 9.88 Å². The van der Waals surface area contributed by atoms with E-state index in [1.807, 2.05) is 24.3 Å². The zero-order valence-electron chi connectivity index (χ0n) is 13.7. The van der Waals surface area contributed by atoms with Gasteiger partial charge in [0.15, 0.2) is 0 Å². The van der Waals surface area contributed by atoms with Crippen molar-refractivity contribution in [3.05, 3.63) is 65.6 Å². The molecule has 0 aliphatic heterocycles. The first-order chi connectivity index (χ1) is 11.6. The van der Waals surface area contributed by atoms with E-state index in [4.69, 9.17) is 4.74 Å². The molecular formula is C19H19FN2O2. The van der Waals surface area contributed by atoms with Gasteiger partial charge in [0.25, 0.3) is 5.91 Å². The number of rotatable bonds is 5. The number of carbonyl (C=O) groups is 1. The fourth-order valence-corrected chi connectivity index (χ4v) is 2.85. The zero-order valence-corrected chi connectivity index (χ0v) is 13.7. The summed E-state index contributed by atoms with van der Waals surface area (Å²) in [7, 11) is 3.39. The second kappa shape index (κ2) is 6.74. The molecule has 0 unspecified atom stereocenters. The number of nitrogens with one attached hydrogen (secondary N) is 1. The number of benzene rings is 2. The largest absolute Gasteiger partial charge is 0.496 e. The lowest BCUT2D eigenvalue weighted by atomic mass is 10.1. The first-order valence-corrected chi connectivity index (χ1v) is 7.76. The number of hydrogen-bond acceptors (Lipinski definition) is 2. The van der Waals surface area contributed by atoms with Crippen molar-refractivity contribution < 1.29 is 13.9 Å². The van der Waals surface area contributed by atoms with Gasteiger partial charge in [-0.3, -0.25) is 4.79 Å². The lowest BCUT2D eigenvalue weighted by molar-refractivity contribution is 0.0946. The van der Waals surface area contributed by atoms with E-state index in [-0.39, 0.29) is 11.7 Å². The summed E-state index contributed by atoms with van der Waals surface area (Å²) in [4.78, 5) is 12.4. The number of hydrogen-bond donors (Lipinski definition) is 1. The van der Waals surface area contributed by atoms with Crippen LogP contribution in [0.3, 0.4) is 0 Å². The van der Waals surface area contributed by atoms with Crippen LogP contribution in [0.25, 0.3) is 10.9 Å². The van der Waals surface area contributed by atoms with E-state index < -0.39 is 0 Å². The predicted octanol–water partition coefficient (Wildman–Crippen LogP) is 3.30. The molecular weight excluding hydrogens is 307 g/mol. The van der Waals surface area contributed by atoms with Crippen LogP contribution in [0, 0.1) is 5.82 Å². The standard InChI is InChI=1S/C19H19FN2O2/c1-22-16-8-5-7-15(20)14(16)12-17(22)19(23)21-11-10-13-6-3-4-9-18(13)24-2/h3-9,12H,10-11H2,1-2H3,(H,21,23). The summed E-state index contributed by atoms with van der Waals surface area (Å²) in [5, 5.41) is 3.34. The molecule has 5 heteroatoms. The molecule has 4 nitrogen and oxygen atoms in total. The van der Waals surface area contributed by atoms with Gasteiger partial charge in [0.05, 0.1) is 12.6 Å². The second-order valence-electron chi connectivity index (χ2n) is 5.58. The monoisotopic (exact) mass is 326 g/mol. The van der Waals surface area contributed by atoms with E-state index in [9.17, 15) is 9.18 Å². The van der Waals surface area contributed by atoms with Gasteiger partial charge in [0, 0.05) is 19.0 Å². The van der Waals surface area contributed by atoms with Gasteiger partial charge in [0.1, 0.15) is 17.3 Å². The molecule has 1 heterocycles. The maximum Gasteiger partial charge on any atom is 0.267 e. The molecule has 2 aromatic carbocycles. The van der Waals surface area contributed by atoms with E-state index in [2.05, 4.69) is 5.32 Å². The van der Waals surface area contributed by atoms with Crippen LogP contribution in [0.15, 0.2) is 48.5 Å². The normalized spacial score (nSPS) is 10.8. The molecule has 0 saturated carbocycles. The molecule has 0 bridgehead atoms. The van der Waals surface area contributed by atoms with Gasteiger partial charge in [-0.1, -0.05) is 24.3 Å². The Kier molecular flexibility index (Phi) is 4.51. The number of aromatic nitrogens is 1. The van der Waals surface area contributed by atoms with E-state index >= 15 is 0 Å². The summed E-state index contributed by atoms with van der Waals surface area (Å²) in [5.74, 6) is 0.262. The van der Waals surface area contributed by atoms with Crippen molar-refractivity contribution in [2.45, 2.75) is 6.42 Å². The number of methoxy groups -OCH3 is 1. The summed E-state index contributed by atoms with van der Waals surface area (Å²) in [6.45, 7) is 0.475. The molecule has 0 radical (unpaired) electrons. The van der Waals surface area contributed by atoms with Gasteiger partial charge in [-0.2, -0.15) is 0 Å². The van der Waals surface area contributed by atoms with E-state index in [1.54, 1.807) is 36.9 Å². The molecule has 0 atom stereocenters. The Labute approximate surface area is 139 Å². The molecule has 1 aromatic heterocycles. The van der Waals surface area contributed by atoms with Gasteiger partial charge in [-0.15, -0.1) is 0 Å². The average molecular weight is 326 g/mol. The van der Waals surface area contributed by atoms with Crippen LogP contribution in [0.1, 0.15) is 16.1 Å². The number of ether oxygens (including phenoxy) is 1. The fraction of sp³-hybridized carbons (Fsp3) is 0.211. The van der Waals surface area contributed by atoms with Crippen molar-refractivity contribution in [2.75, 3.05) is 13.7 Å². The molecule has 124 valence electrons. The molecule has 1 amide bonds. The molecule has 0 aliphatic carbocycles. The van der Waals surface area contributed by atoms with Crippen molar-refractivity contribution in [1.29, 1.82) is 0 Å². The average Bonchev–Trinajstić information content (AvgIpc) is 2.94. The summed E-state index contributed by atoms with van der Waals surface area (Å²) < 4.78 is 20.8. The summed E-state index contributed by atoms with van der Waals surface area (Å²) >= 11 is 0. The third-order valence-corrected chi connectivity index (χ3v) is 4.14. The van der Waals surface area contributed by atoms with E-state index in [1.165, 1.54) is 6.07 Å². The Morgan fingerprint density at radius 1 is 1.21 bits per heavy atom. The summed E-state index contributed by atoms with van der Waals surface area (Å²) in [5.41, 5.74) is 2.17. The van der Waals surface area contributed by atoms with Gasteiger partial charge in [-0.05, 0) is 36.2 Å². The van der Waals surface area contributed by atoms with Crippen molar-refractivity contribution >= 4 is 16.8 Å². The number of halogens is 1. The Balaban J connectivity index is 1.72. The Bertz CT molecular complexity index is 886. The van der Waals surface area contributed by atoms with Crippen LogP contribution in [0.4, 0.5) is 4.39 Å². The maximum absolute atomic E-state index is 13.8. The third kappa shape index (κ3) is 2.97. The number of amides is 1. The molecule has 3 aromatic rings. The first kappa shape index (κ1) is 16.1. The Hall–Kier alpha value is -2.82. The van der Waals surface area contributed by atoms with E-state index in [0.29, 0.717) is 29.6 Å². The van der Waals surface area contributed by atoms with Crippen LogP contribution in [0.2, 0.25) is 0 Å². The second-order valence-corrected chi connectivity index (χ2v) is 5.58. The fourth-order valence-electron chi connectivity index (χ4n) is 2.85. The quantitative estimate of drug-likeness (QED) is 0.782. The minimum atomic E-state index is -0.323. The van der Waals surface area contributed by atoms with Gasteiger partial charge < -0.3 is 14.6 Å². The molecule has 0 aliphatic rings. The van der Waals surface area contributed by atoms with Crippen molar-refractivity contribution in [3.63, 3.8) is 0 Å². The predicted molar refractivity (Wildman–Crippen MR) is 91.9 cm³/mol. The molecule has 1 N–H and O–H groups in total. The lowest BCUT2D eigenvalue weighted by Crippen LogP contribution is -2.27. The van der Waals surface area contributed by atoms with E-state index in [0.717, 1.165) is 11.3 Å². The number of aryl methyl sites for hydroxylation is 1. The minimum Gasteiger partial charge on any atom is -0.496 e. The summed E-state index contributed by atoms with van der Waals surface area (Å²) in [6.07, 6.45) is 0.661. The van der Waals surface area contributed by atoms with Crippen LogP contribution in [-0.2, 0) is 13.5 Å². The van der Waals surface area contributed by atoms with Gasteiger partial charge in [-0.25, -0.2) is 4.39 Å². The molecule has 24 heavy (non-hydrogen) atoms. The molecule has 0 spiro atoms. The number of nitrogens with zero attached hydrogens (tertiary/aromatic N) is 1. The van der Waals surface area contributed by atoms with Gasteiger partial charge >= 0.3 is 0 Å². The smallest absolute Gasteiger partial charge is 0.267 e. The highest BCUT2D eigenvalue weighted by molar-refractivity contribution is 5.98. The van der Waals surface area contributed by atoms with Crippen LogP contribution in [0.5, 0.6) is 5.75 Å². The minimum absolute atomic E-state index is 0.219. The van der Waals surface area contributed by atoms with Crippen LogP contribution < -0.4 is 10.1 Å². The molecule has 0 fully saturated rings. The lowest BCUT2D eigenvalue weighted by Gasteiger charge is -2.09. The molecule has 3 rings (SSSR count). The highest BCUT2D eigenvalue weighted by atomic mass is 19.1. The highest BCUT2D eigenvalue weighted by Crippen LogP contribution is 2.21. The highest BCUT2D eigenvalue weighted by Gasteiger charge is 2.15. The van der Waals surface area contributed by atoms with Crippen molar-refractivity contribution in [3.8, 4) is 5.75 Å². The number of carbonyl (C=O) groups excluding carboxylic acids is 1. The zero-order chi connectivity index (χ0) is 17.1. The van der Waals surface area contributed by atoms with Crippen LogP contribution in [-0.4, -0.2) is 24.1 Å². The maximum atomic E-state index is 13.8. The SMILES string of the molecule is COc1ccccc1CCNC(=O)c1cc2c(F)cccc2n1C. The topological polar surface area (TPSA) is 43.3 Å². The summed E-state index contributed by atoms with van der Waals surface area (Å²) in [6, 6.07) is 14.1.